The van der Waals surface area contributed by atoms with Crippen LogP contribution in [0.4, 0.5) is 11.4 Å². The van der Waals surface area contributed by atoms with E-state index in [4.69, 9.17) is 17.2 Å². The van der Waals surface area contributed by atoms with Crippen molar-refractivity contribution in [3.05, 3.63) is 34.7 Å². The van der Waals surface area contributed by atoms with Crippen LogP contribution in [0.15, 0.2) is 29.4 Å². The number of nitrogens with two attached hydrogens (primary N) is 2. The van der Waals surface area contributed by atoms with Gasteiger partial charge in [-0.1, -0.05) is 23.3 Å². The molecule has 0 unspecified atom stereocenters. The van der Waals surface area contributed by atoms with Crippen LogP contribution in [0.5, 0.6) is 0 Å². The number of hydrazine groups is 2. The summed E-state index contributed by atoms with van der Waals surface area (Å²) in [6.45, 7) is 0. The molecule has 0 spiro atoms. The fourth-order valence-corrected chi connectivity index (χ4v) is 0.815. The van der Waals surface area contributed by atoms with Gasteiger partial charge < -0.3 is 0 Å². The number of benzene rings is 1. The van der Waals surface area contributed by atoms with Crippen LogP contribution in [0.2, 0.25) is 0 Å². The number of anilines is 1. The minimum absolute atomic E-state index is 0.407. The second-order valence-electron chi connectivity index (χ2n) is 2.09. The van der Waals surface area contributed by atoms with Crippen LogP contribution in [0, 0.1) is 0 Å². The first-order valence-corrected chi connectivity index (χ1v) is 3.19. The minimum Gasteiger partial charge on any atom is -0.247 e. The van der Waals surface area contributed by atoms with Crippen LogP contribution < -0.4 is 16.8 Å². The molecule has 0 aliphatic heterocycles. The molecule has 6 heteroatoms. The molecular formula is C6H8N6. The highest BCUT2D eigenvalue weighted by Crippen LogP contribution is 2.24. The minimum atomic E-state index is 0.407. The molecule has 6 nitrogen and oxygen atoms in total. The summed E-state index contributed by atoms with van der Waals surface area (Å²) in [4.78, 5) is 2.64. The predicted octanol–water partition coefficient (Wildman–Crippen LogP) is 1.18. The quantitative estimate of drug-likeness (QED) is 0.225. The predicted molar refractivity (Wildman–Crippen MR) is 46.1 cm³/mol. The zero-order valence-corrected chi connectivity index (χ0v) is 6.25. The fraction of sp³-hybridized carbons (Fsp3) is 0. The number of rotatable bonds is 2. The van der Waals surface area contributed by atoms with Gasteiger partial charge in [0.2, 0.25) is 0 Å². The number of hydrogen-bond donors (Lipinski definition) is 2. The van der Waals surface area contributed by atoms with Gasteiger partial charge in [-0.3, -0.25) is 0 Å². The Morgan fingerprint density at radius 2 is 2.00 bits per heavy atom. The first-order chi connectivity index (χ1) is 5.75. The fourth-order valence-electron chi connectivity index (χ4n) is 0.815. The smallest absolute Gasteiger partial charge is 0.0792 e. The maximum absolute atomic E-state index is 8.18. The average Bonchev–Trinajstić information content (AvgIpc) is 2.05. The van der Waals surface area contributed by atoms with Crippen molar-refractivity contribution in [3.63, 3.8) is 0 Å². The lowest BCUT2D eigenvalue weighted by atomic mass is 10.3. The van der Waals surface area contributed by atoms with Crippen molar-refractivity contribution >= 4 is 11.4 Å². The Labute approximate surface area is 68.9 Å². The van der Waals surface area contributed by atoms with Gasteiger partial charge in [-0.15, -0.1) is 0 Å². The van der Waals surface area contributed by atoms with E-state index in [9.17, 15) is 0 Å². The maximum atomic E-state index is 8.18. The van der Waals surface area contributed by atoms with E-state index in [1.165, 1.54) is 0 Å². The molecular weight excluding hydrogens is 156 g/mol. The molecule has 0 amide bonds. The van der Waals surface area contributed by atoms with Gasteiger partial charge in [-0.25, -0.2) is 16.8 Å². The van der Waals surface area contributed by atoms with Crippen LogP contribution in [-0.2, 0) is 0 Å². The van der Waals surface area contributed by atoms with Crippen LogP contribution >= 0.6 is 0 Å². The van der Waals surface area contributed by atoms with Crippen molar-refractivity contribution in [2.75, 3.05) is 5.12 Å². The summed E-state index contributed by atoms with van der Waals surface area (Å²) in [7, 11) is 0. The molecule has 0 saturated heterocycles. The topological polar surface area (TPSA) is 104 Å². The molecule has 0 saturated carbocycles. The third kappa shape index (κ3) is 1.64. The number of para-hydroxylation sites is 1. The second-order valence-corrected chi connectivity index (χ2v) is 2.09. The Morgan fingerprint density at radius 1 is 1.33 bits per heavy atom. The summed E-state index contributed by atoms with van der Waals surface area (Å²) in [5.41, 5.74) is 9.07. The van der Waals surface area contributed by atoms with E-state index in [1.54, 1.807) is 24.3 Å². The molecule has 1 rings (SSSR count). The SMILES string of the molecule is [N-]=[N+]=Nc1ccccc1N(N)N. The average molecular weight is 164 g/mol. The first kappa shape index (κ1) is 8.35. The molecule has 12 heavy (non-hydrogen) atoms. The van der Waals surface area contributed by atoms with Gasteiger partial charge in [0, 0.05) is 4.91 Å². The molecule has 0 aliphatic rings. The number of hydrogen-bond acceptors (Lipinski definition) is 4. The highest BCUT2D eigenvalue weighted by molar-refractivity contribution is 5.64. The number of azide groups is 1. The van der Waals surface area contributed by atoms with Gasteiger partial charge in [-0.2, -0.15) is 0 Å². The van der Waals surface area contributed by atoms with Gasteiger partial charge in [0.1, 0.15) is 0 Å². The molecule has 4 N–H and O–H groups in total. The van der Waals surface area contributed by atoms with E-state index < -0.39 is 0 Å². The van der Waals surface area contributed by atoms with Crippen LogP contribution in [0.1, 0.15) is 0 Å². The molecule has 0 bridgehead atoms. The van der Waals surface area contributed by atoms with Gasteiger partial charge in [0.25, 0.3) is 0 Å². The van der Waals surface area contributed by atoms with Gasteiger partial charge in [0.05, 0.1) is 11.4 Å². The molecule has 0 atom stereocenters. The lowest BCUT2D eigenvalue weighted by molar-refractivity contribution is 0.924. The van der Waals surface area contributed by atoms with Crippen LogP contribution in [0.3, 0.4) is 0 Å². The van der Waals surface area contributed by atoms with E-state index in [-0.39, 0.29) is 0 Å². The van der Waals surface area contributed by atoms with Crippen molar-refractivity contribution in [1.82, 2.24) is 0 Å². The summed E-state index contributed by atoms with van der Waals surface area (Å²) in [6.07, 6.45) is 0. The lowest BCUT2D eigenvalue weighted by Gasteiger charge is -2.12. The summed E-state index contributed by atoms with van der Waals surface area (Å²) >= 11 is 0. The third-order valence-electron chi connectivity index (χ3n) is 1.31. The first-order valence-electron chi connectivity index (χ1n) is 3.19. The molecule has 0 fully saturated rings. The van der Waals surface area contributed by atoms with Gasteiger partial charge in [-0.05, 0) is 11.6 Å². The molecule has 0 aliphatic carbocycles. The molecule has 1 aromatic carbocycles. The Hall–Kier alpha value is -1.75. The summed E-state index contributed by atoms with van der Waals surface area (Å²) < 4.78 is 0. The highest BCUT2D eigenvalue weighted by Gasteiger charge is 2.00. The molecule has 0 aromatic heterocycles. The Morgan fingerprint density at radius 3 is 2.58 bits per heavy atom. The summed E-state index contributed by atoms with van der Waals surface area (Å²) in [5.74, 6) is 10.5. The monoisotopic (exact) mass is 164 g/mol. The Kier molecular flexibility index (Phi) is 2.49. The summed E-state index contributed by atoms with van der Waals surface area (Å²) in [6, 6.07) is 6.77. The molecule has 62 valence electrons. The van der Waals surface area contributed by atoms with Crippen molar-refractivity contribution in [2.45, 2.75) is 0 Å². The largest absolute Gasteiger partial charge is 0.247 e. The lowest BCUT2D eigenvalue weighted by Crippen LogP contribution is -2.37. The van der Waals surface area contributed by atoms with Gasteiger partial charge >= 0.3 is 0 Å². The van der Waals surface area contributed by atoms with E-state index in [0.29, 0.717) is 11.4 Å². The molecule has 1 aromatic rings. The zero-order chi connectivity index (χ0) is 8.97. The Bertz CT molecular complexity index is 314. The summed E-state index contributed by atoms with van der Waals surface area (Å²) in [5, 5.41) is 4.31. The second kappa shape index (κ2) is 3.59. The van der Waals surface area contributed by atoms with Crippen molar-refractivity contribution in [3.8, 4) is 0 Å². The van der Waals surface area contributed by atoms with E-state index in [0.717, 1.165) is 5.12 Å². The third-order valence-corrected chi connectivity index (χ3v) is 1.31. The normalized spacial score (nSPS) is 8.83. The van der Waals surface area contributed by atoms with Crippen molar-refractivity contribution in [1.29, 1.82) is 0 Å². The van der Waals surface area contributed by atoms with Crippen LogP contribution in [0.25, 0.3) is 10.4 Å². The van der Waals surface area contributed by atoms with Crippen LogP contribution in [-0.4, -0.2) is 0 Å². The standard InChI is InChI=1S/C6H8N6/c7-11-10-5-3-1-2-4-6(5)12(8)9/h1-4H,8-9H2. The van der Waals surface area contributed by atoms with E-state index in [1.807, 2.05) is 0 Å². The molecule has 0 radical (unpaired) electrons. The van der Waals surface area contributed by atoms with Gasteiger partial charge in [0.15, 0.2) is 0 Å². The molecule has 0 heterocycles. The Balaban J connectivity index is 3.17. The zero-order valence-electron chi connectivity index (χ0n) is 6.25. The van der Waals surface area contributed by atoms with Crippen molar-refractivity contribution in [2.24, 2.45) is 16.8 Å². The van der Waals surface area contributed by atoms with E-state index in [2.05, 4.69) is 10.0 Å². The van der Waals surface area contributed by atoms with Crippen molar-refractivity contribution < 1.29 is 0 Å². The number of nitrogens with zero attached hydrogens (tertiary/aromatic N) is 4. The highest BCUT2D eigenvalue weighted by atomic mass is 15.6. The van der Waals surface area contributed by atoms with E-state index >= 15 is 0 Å². The maximum Gasteiger partial charge on any atom is 0.0792 e.